The van der Waals surface area contributed by atoms with Crippen LogP contribution in [0, 0.1) is 0 Å². The van der Waals surface area contributed by atoms with Crippen molar-refractivity contribution in [2.75, 3.05) is 18.1 Å². The number of rotatable bonds is 7. The average molecular weight is 330 g/mol. The zero-order valence-electron chi connectivity index (χ0n) is 13.5. The number of nitrogens with zero attached hydrogens (tertiary/aromatic N) is 2. The summed E-state index contributed by atoms with van der Waals surface area (Å²) in [4.78, 5) is 4.73. The number of aromatic nitrogens is 2. The minimum atomic E-state index is 0.300. The summed E-state index contributed by atoms with van der Waals surface area (Å²) >= 11 is 3.96. The molecule has 0 amide bonds. The Morgan fingerprint density at radius 2 is 2.10 bits per heavy atom. The second kappa shape index (κ2) is 8.44. The highest BCUT2D eigenvalue weighted by molar-refractivity contribution is 8.06. The Hall–Kier alpha value is -0.200. The third-order valence-electron chi connectivity index (χ3n) is 3.98. The maximum atomic E-state index is 5.60. The van der Waals surface area contributed by atoms with Crippen LogP contribution >= 0.6 is 23.5 Å². The second-order valence-corrected chi connectivity index (χ2v) is 8.35. The van der Waals surface area contributed by atoms with Gasteiger partial charge in [-0.3, -0.25) is 0 Å². The SMILES string of the molecule is CCCNC(C)C(CC)c1nc(C2SCCSC2C)no1. The number of hydrogen-bond donors (Lipinski definition) is 1. The number of hydrogen-bond acceptors (Lipinski definition) is 6. The molecule has 120 valence electrons. The fraction of sp³-hybridized carbons (Fsp3) is 0.867. The molecule has 1 N–H and O–H groups in total. The van der Waals surface area contributed by atoms with E-state index >= 15 is 0 Å². The summed E-state index contributed by atoms with van der Waals surface area (Å²) in [6.07, 6.45) is 2.16. The molecule has 0 aliphatic carbocycles. The van der Waals surface area contributed by atoms with Crippen molar-refractivity contribution in [1.82, 2.24) is 15.5 Å². The molecule has 2 rings (SSSR count). The second-order valence-electron chi connectivity index (χ2n) is 5.62. The lowest BCUT2D eigenvalue weighted by atomic mass is 9.98. The number of nitrogens with one attached hydrogen (secondary N) is 1. The average Bonchev–Trinajstić information content (AvgIpc) is 2.95. The van der Waals surface area contributed by atoms with E-state index in [2.05, 4.69) is 38.2 Å². The van der Waals surface area contributed by atoms with Crippen molar-refractivity contribution in [1.29, 1.82) is 0 Å². The van der Waals surface area contributed by atoms with Crippen molar-refractivity contribution in [3.63, 3.8) is 0 Å². The summed E-state index contributed by atoms with van der Waals surface area (Å²) in [5.74, 6) is 4.38. The van der Waals surface area contributed by atoms with Gasteiger partial charge in [0.2, 0.25) is 5.89 Å². The van der Waals surface area contributed by atoms with Crippen LogP contribution in [0.1, 0.15) is 63.4 Å². The molecule has 1 aromatic heterocycles. The van der Waals surface area contributed by atoms with Crippen LogP contribution in [0.25, 0.3) is 0 Å². The monoisotopic (exact) mass is 329 g/mol. The molecule has 0 radical (unpaired) electrons. The van der Waals surface area contributed by atoms with Crippen molar-refractivity contribution in [2.45, 2.75) is 63.0 Å². The molecule has 1 aromatic rings. The summed E-state index contributed by atoms with van der Waals surface area (Å²) in [6.45, 7) is 9.88. The van der Waals surface area contributed by atoms with Crippen LogP contribution in [-0.4, -0.2) is 39.5 Å². The van der Waals surface area contributed by atoms with Crippen LogP contribution in [0.2, 0.25) is 0 Å². The molecule has 4 atom stereocenters. The fourth-order valence-corrected chi connectivity index (χ4v) is 5.37. The zero-order chi connectivity index (χ0) is 15.2. The Morgan fingerprint density at radius 3 is 2.76 bits per heavy atom. The molecule has 0 spiro atoms. The predicted octanol–water partition coefficient (Wildman–Crippen LogP) is 3.86. The van der Waals surface area contributed by atoms with Crippen molar-refractivity contribution in [3.05, 3.63) is 11.7 Å². The van der Waals surface area contributed by atoms with E-state index in [0.717, 1.165) is 31.1 Å². The van der Waals surface area contributed by atoms with Gasteiger partial charge in [0.15, 0.2) is 5.82 Å². The molecular weight excluding hydrogens is 302 g/mol. The predicted molar refractivity (Wildman–Crippen MR) is 92.2 cm³/mol. The highest BCUT2D eigenvalue weighted by Crippen LogP contribution is 2.41. The maximum absolute atomic E-state index is 5.60. The summed E-state index contributed by atoms with van der Waals surface area (Å²) in [5, 5.41) is 8.75. The molecule has 1 saturated heterocycles. The summed E-state index contributed by atoms with van der Waals surface area (Å²) in [6, 6.07) is 0.369. The molecular formula is C15H27N3OS2. The van der Waals surface area contributed by atoms with E-state index in [0.29, 0.717) is 22.5 Å². The normalized spacial score (nSPS) is 25.7. The Morgan fingerprint density at radius 1 is 1.33 bits per heavy atom. The van der Waals surface area contributed by atoms with Gasteiger partial charge in [0.1, 0.15) is 0 Å². The molecule has 6 heteroatoms. The van der Waals surface area contributed by atoms with Gasteiger partial charge in [-0.25, -0.2) is 0 Å². The standard InChI is InChI=1S/C15H27N3OS2/c1-5-7-16-10(3)12(6-2)15-17-14(18-19-15)13-11(4)20-8-9-21-13/h10-13,16H,5-9H2,1-4H3. The molecule has 0 aromatic carbocycles. The van der Waals surface area contributed by atoms with Gasteiger partial charge in [-0.1, -0.05) is 25.9 Å². The van der Waals surface area contributed by atoms with E-state index in [1.165, 1.54) is 11.5 Å². The lowest BCUT2D eigenvalue weighted by Gasteiger charge is -2.25. The van der Waals surface area contributed by atoms with Gasteiger partial charge in [0, 0.05) is 22.8 Å². The van der Waals surface area contributed by atoms with Crippen LogP contribution in [-0.2, 0) is 0 Å². The van der Waals surface area contributed by atoms with E-state index in [9.17, 15) is 0 Å². The van der Waals surface area contributed by atoms with Gasteiger partial charge >= 0.3 is 0 Å². The quantitative estimate of drug-likeness (QED) is 0.820. The maximum Gasteiger partial charge on any atom is 0.231 e. The largest absolute Gasteiger partial charge is 0.339 e. The fourth-order valence-electron chi connectivity index (χ4n) is 2.69. The van der Waals surface area contributed by atoms with E-state index < -0.39 is 0 Å². The first-order chi connectivity index (χ1) is 10.2. The van der Waals surface area contributed by atoms with Crippen molar-refractivity contribution in [2.24, 2.45) is 0 Å². The van der Waals surface area contributed by atoms with Crippen molar-refractivity contribution in [3.8, 4) is 0 Å². The summed E-state index contributed by atoms with van der Waals surface area (Å²) in [7, 11) is 0. The summed E-state index contributed by atoms with van der Waals surface area (Å²) < 4.78 is 5.60. The van der Waals surface area contributed by atoms with Crippen LogP contribution in [0.5, 0.6) is 0 Å². The van der Waals surface area contributed by atoms with Gasteiger partial charge in [-0.15, -0.1) is 11.8 Å². The Bertz CT molecular complexity index is 427. The van der Waals surface area contributed by atoms with Crippen molar-refractivity contribution >= 4 is 23.5 Å². The minimum absolute atomic E-state index is 0.300. The van der Waals surface area contributed by atoms with Gasteiger partial charge < -0.3 is 9.84 Å². The van der Waals surface area contributed by atoms with Crippen LogP contribution in [0.3, 0.4) is 0 Å². The van der Waals surface area contributed by atoms with E-state index in [-0.39, 0.29) is 0 Å². The topological polar surface area (TPSA) is 51.0 Å². The molecule has 1 fully saturated rings. The number of thioether (sulfide) groups is 2. The van der Waals surface area contributed by atoms with Crippen molar-refractivity contribution < 1.29 is 4.52 Å². The van der Waals surface area contributed by atoms with Crippen LogP contribution < -0.4 is 5.32 Å². The summed E-state index contributed by atoms with van der Waals surface area (Å²) in [5.41, 5.74) is 0. The van der Waals surface area contributed by atoms with Gasteiger partial charge in [0.25, 0.3) is 0 Å². The minimum Gasteiger partial charge on any atom is -0.339 e. The lowest BCUT2D eigenvalue weighted by Crippen LogP contribution is -2.32. The molecule has 1 aliphatic heterocycles. The van der Waals surface area contributed by atoms with E-state index in [4.69, 9.17) is 9.51 Å². The zero-order valence-corrected chi connectivity index (χ0v) is 15.1. The van der Waals surface area contributed by atoms with Gasteiger partial charge in [0.05, 0.1) is 11.2 Å². The smallest absolute Gasteiger partial charge is 0.231 e. The van der Waals surface area contributed by atoms with E-state index in [1.807, 2.05) is 23.5 Å². The third-order valence-corrected chi connectivity index (χ3v) is 7.06. The molecule has 21 heavy (non-hydrogen) atoms. The van der Waals surface area contributed by atoms with E-state index in [1.54, 1.807) is 0 Å². The molecule has 2 heterocycles. The molecule has 0 saturated carbocycles. The first-order valence-electron chi connectivity index (χ1n) is 7.97. The highest BCUT2D eigenvalue weighted by Gasteiger charge is 2.30. The third kappa shape index (κ3) is 4.39. The van der Waals surface area contributed by atoms with Crippen LogP contribution in [0.15, 0.2) is 4.52 Å². The van der Waals surface area contributed by atoms with Crippen LogP contribution in [0.4, 0.5) is 0 Å². The van der Waals surface area contributed by atoms with Gasteiger partial charge in [-0.2, -0.15) is 16.7 Å². The van der Waals surface area contributed by atoms with Gasteiger partial charge in [-0.05, 0) is 26.3 Å². The first-order valence-corrected chi connectivity index (χ1v) is 10.1. The lowest BCUT2D eigenvalue weighted by molar-refractivity contribution is 0.314. The Balaban J connectivity index is 2.06. The Kier molecular flexibility index (Phi) is 6.89. The molecule has 0 bridgehead atoms. The molecule has 4 unspecified atom stereocenters. The first kappa shape index (κ1) is 17.2. The molecule has 1 aliphatic rings. The Labute approximate surface area is 136 Å². The highest BCUT2D eigenvalue weighted by atomic mass is 32.2. The molecule has 4 nitrogen and oxygen atoms in total.